The topological polar surface area (TPSA) is 17.1 Å². The SMILES string of the molecule is CC.CC(=O)C1=C(F)CCCC1. The van der Waals surface area contributed by atoms with Crippen LogP contribution >= 0.6 is 0 Å². The fraction of sp³-hybridized carbons (Fsp3) is 0.700. The molecule has 0 bridgehead atoms. The quantitative estimate of drug-likeness (QED) is 0.592. The highest BCUT2D eigenvalue weighted by Gasteiger charge is 2.15. The molecule has 0 aromatic heterocycles. The molecule has 0 saturated heterocycles. The first-order chi connectivity index (χ1) is 5.72. The molecule has 0 saturated carbocycles. The Morgan fingerprint density at radius 2 is 1.75 bits per heavy atom. The molecular formula is C10H17FO. The van der Waals surface area contributed by atoms with Gasteiger partial charge in [-0.3, -0.25) is 4.79 Å². The summed E-state index contributed by atoms with van der Waals surface area (Å²) in [6.45, 7) is 5.43. The summed E-state index contributed by atoms with van der Waals surface area (Å²) in [4.78, 5) is 10.7. The lowest BCUT2D eigenvalue weighted by Crippen LogP contribution is -2.03. The van der Waals surface area contributed by atoms with Gasteiger partial charge in [-0.2, -0.15) is 0 Å². The van der Waals surface area contributed by atoms with Crippen LogP contribution in [0.25, 0.3) is 0 Å². The molecule has 0 aromatic rings. The minimum atomic E-state index is -0.182. The molecular weight excluding hydrogens is 155 g/mol. The van der Waals surface area contributed by atoms with Crippen LogP contribution < -0.4 is 0 Å². The molecule has 0 spiro atoms. The molecule has 0 amide bonds. The third kappa shape index (κ3) is 3.16. The number of Topliss-reactive ketones (excluding diaryl/α,β-unsaturated/α-hetero) is 1. The van der Waals surface area contributed by atoms with E-state index in [-0.39, 0.29) is 11.6 Å². The smallest absolute Gasteiger partial charge is 0.158 e. The van der Waals surface area contributed by atoms with Gasteiger partial charge >= 0.3 is 0 Å². The van der Waals surface area contributed by atoms with Gasteiger partial charge in [0.2, 0.25) is 0 Å². The normalized spacial score (nSPS) is 16.7. The third-order valence-corrected chi connectivity index (χ3v) is 1.83. The summed E-state index contributed by atoms with van der Waals surface area (Å²) in [5, 5.41) is 0. The summed E-state index contributed by atoms with van der Waals surface area (Å²) in [6, 6.07) is 0. The first-order valence-electron chi connectivity index (χ1n) is 4.60. The number of carbonyl (C=O) groups is 1. The third-order valence-electron chi connectivity index (χ3n) is 1.83. The summed E-state index contributed by atoms with van der Waals surface area (Å²) in [6.07, 6.45) is 2.96. The highest BCUT2D eigenvalue weighted by atomic mass is 19.1. The molecule has 0 unspecified atom stereocenters. The van der Waals surface area contributed by atoms with Crippen LogP contribution in [0.5, 0.6) is 0 Å². The van der Waals surface area contributed by atoms with Crippen molar-refractivity contribution in [3.05, 3.63) is 11.4 Å². The minimum absolute atomic E-state index is 0.0998. The lowest BCUT2D eigenvalue weighted by molar-refractivity contribution is -0.114. The number of hydrogen-bond donors (Lipinski definition) is 0. The van der Waals surface area contributed by atoms with E-state index in [4.69, 9.17) is 0 Å². The molecule has 0 N–H and O–H groups in total. The number of carbonyl (C=O) groups excluding carboxylic acids is 1. The van der Waals surface area contributed by atoms with Crippen molar-refractivity contribution in [3.8, 4) is 0 Å². The molecule has 1 nitrogen and oxygen atoms in total. The van der Waals surface area contributed by atoms with Crippen LogP contribution in [0.1, 0.15) is 46.5 Å². The van der Waals surface area contributed by atoms with Crippen molar-refractivity contribution in [2.24, 2.45) is 0 Å². The molecule has 70 valence electrons. The van der Waals surface area contributed by atoms with Crippen LogP contribution in [-0.2, 0) is 4.79 Å². The maximum atomic E-state index is 12.8. The van der Waals surface area contributed by atoms with Crippen molar-refractivity contribution in [2.75, 3.05) is 0 Å². The molecule has 12 heavy (non-hydrogen) atoms. The molecule has 0 heterocycles. The van der Waals surface area contributed by atoms with Gasteiger partial charge in [-0.25, -0.2) is 4.39 Å². The van der Waals surface area contributed by atoms with Crippen LogP contribution in [0.15, 0.2) is 11.4 Å². The summed E-state index contributed by atoms with van der Waals surface area (Å²) in [5.41, 5.74) is 0.422. The molecule has 0 aliphatic heterocycles. The molecule has 0 atom stereocenters. The Balaban J connectivity index is 0.000000561. The fourth-order valence-electron chi connectivity index (χ4n) is 1.24. The second kappa shape index (κ2) is 5.92. The second-order valence-corrected chi connectivity index (χ2v) is 2.65. The zero-order valence-electron chi connectivity index (χ0n) is 8.11. The van der Waals surface area contributed by atoms with E-state index in [0.29, 0.717) is 18.4 Å². The van der Waals surface area contributed by atoms with E-state index in [1.165, 1.54) is 6.92 Å². The Morgan fingerprint density at radius 3 is 2.08 bits per heavy atom. The monoisotopic (exact) mass is 172 g/mol. The number of ketones is 1. The van der Waals surface area contributed by atoms with Gasteiger partial charge in [0, 0.05) is 5.57 Å². The van der Waals surface area contributed by atoms with Crippen molar-refractivity contribution < 1.29 is 9.18 Å². The average Bonchev–Trinajstić information content (AvgIpc) is 2.08. The molecule has 2 heteroatoms. The molecule has 0 fully saturated rings. The largest absolute Gasteiger partial charge is 0.295 e. The number of allylic oxidation sites excluding steroid dienone is 2. The standard InChI is InChI=1S/C8H11FO.C2H6/c1-6(10)7-4-2-3-5-8(7)9;1-2/h2-5H2,1H3;1-2H3. The molecule has 1 aliphatic carbocycles. The van der Waals surface area contributed by atoms with Gasteiger partial charge in [0.1, 0.15) is 5.83 Å². The average molecular weight is 172 g/mol. The lowest BCUT2D eigenvalue weighted by atomic mass is 9.96. The Hall–Kier alpha value is -0.660. The van der Waals surface area contributed by atoms with E-state index in [0.717, 1.165) is 12.8 Å². The first-order valence-corrected chi connectivity index (χ1v) is 4.60. The summed E-state index contributed by atoms with van der Waals surface area (Å²) >= 11 is 0. The predicted octanol–water partition coefficient (Wildman–Crippen LogP) is 3.40. The van der Waals surface area contributed by atoms with Crippen LogP contribution in [0.4, 0.5) is 4.39 Å². The van der Waals surface area contributed by atoms with Crippen molar-refractivity contribution >= 4 is 5.78 Å². The Kier molecular flexibility index (Phi) is 5.60. The maximum absolute atomic E-state index is 12.8. The van der Waals surface area contributed by atoms with E-state index in [9.17, 15) is 9.18 Å². The summed E-state index contributed by atoms with van der Waals surface area (Å²) in [5.74, 6) is -0.282. The molecule has 0 radical (unpaired) electrons. The van der Waals surface area contributed by atoms with Crippen molar-refractivity contribution in [1.29, 1.82) is 0 Å². The van der Waals surface area contributed by atoms with Gasteiger partial charge in [0.05, 0.1) is 0 Å². The van der Waals surface area contributed by atoms with E-state index >= 15 is 0 Å². The number of hydrogen-bond acceptors (Lipinski definition) is 1. The van der Waals surface area contributed by atoms with Crippen molar-refractivity contribution in [1.82, 2.24) is 0 Å². The zero-order valence-corrected chi connectivity index (χ0v) is 8.11. The Morgan fingerprint density at radius 1 is 1.25 bits per heavy atom. The number of halogens is 1. The van der Waals surface area contributed by atoms with Gasteiger partial charge in [-0.1, -0.05) is 13.8 Å². The maximum Gasteiger partial charge on any atom is 0.158 e. The van der Waals surface area contributed by atoms with Crippen LogP contribution in [-0.4, -0.2) is 5.78 Å². The van der Waals surface area contributed by atoms with E-state index in [1.54, 1.807) is 0 Å². The zero-order chi connectivity index (χ0) is 9.56. The second-order valence-electron chi connectivity index (χ2n) is 2.65. The highest BCUT2D eigenvalue weighted by Crippen LogP contribution is 2.25. The summed E-state index contributed by atoms with van der Waals surface area (Å²) in [7, 11) is 0. The van der Waals surface area contributed by atoms with E-state index in [1.807, 2.05) is 13.8 Å². The van der Waals surface area contributed by atoms with Gasteiger partial charge in [0.15, 0.2) is 5.78 Å². The van der Waals surface area contributed by atoms with Crippen molar-refractivity contribution in [2.45, 2.75) is 46.5 Å². The van der Waals surface area contributed by atoms with Crippen LogP contribution in [0.3, 0.4) is 0 Å². The first kappa shape index (κ1) is 11.3. The van der Waals surface area contributed by atoms with Crippen LogP contribution in [0, 0.1) is 0 Å². The lowest BCUT2D eigenvalue weighted by Gasteiger charge is -2.11. The summed E-state index contributed by atoms with van der Waals surface area (Å²) < 4.78 is 12.8. The van der Waals surface area contributed by atoms with E-state index in [2.05, 4.69) is 0 Å². The van der Waals surface area contributed by atoms with Gasteiger partial charge < -0.3 is 0 Å². The van der Waals surface area contributed by atoms with Gasteiger partial charge in [-0.15, -0.1) is 0 Å². The van der Waals surface area contributed by atoms with Gasteiger partial charge in [-0.05, 0) is 32.6 Å². The van der Waals surface area contributed by atoms with Gasteiger partial charge in [0.25, 0.3) is 0 Å². The fourth-order valence-corrected chi connectivity index (χ4v) is 1.24. The number of rotatable bonds is 1. The minimum Gasteiger partial charge on any atom is -0.295 e. The molecule has 1 rings (SSSR count). The Labute approximate surface area is 73.7 Å². The molecule has 0 aromatic carbocycles. The molecule has 1 aliphatic rings. The highest BCUT2D eigenvalue weighted by molar-refractivity contribution is 5.93. The van der Waals surface area contributed by atoms with Crippen LogP contribution in [0.2, 0.25) is 0 Å². The van der Waals surface area contributed by atoms with Crippen molar-refractivity contribution in [3.63, 3.8) is 0 Å². The predicted molar refractivity (Wildman–Crippen MR) is 48.6 cm³/mol. The van der Waals surface area contributed by atoms with E-state index < -0.39 is 0 Å². The Bertz CT molecular complexity index is 182.